The Morgan fingerprint density at radius 1 is 1.26 bits per heavy atom. The minimum absolute atomic E-state index is 0.0992. The first-order valence-electron chi connectivity index (χ1n) is 6.22. The van der Waals surface area contributed by atoms with Gasteiger partial charge in [0.25, 0.3) is 0 Å². The average molecular weight is 291 g/mol. The maximum atomic E-state index is 11.7. The van der Waals surface area contributed by atoms with Crippen LogP contribution < -0.4 is 5.32 Å². The van der Waals surface area contributed by atoms with E-state index in [-0.39, 0.29) is 5.91 Å². The van der Waals surface area contributed by atoms with Crippen LogP contribution in [0.15, 0.2) is 46.7 Å². The first-order valence-corrected chi connectivity index (χ1v) is 8.09. The fourth-order valence-corrected chi connectivity index (χ4v) is 3.05. The van der Waals surface area contributed by atoms with Crippen molar-refractivity contribution in [3.63, 3.8) is 0 Å². The highest BCUT2D eigenvalue weighted by Gasteiger charge is 2.02. The van der Waals surface area contributed by atoms with Gasteiger partial charge in [0.05, 0.1) is 5.75 Å². The summed E-state index contributed by atoms with van der Waals surface area (Å²) in [5.74, 6) is 0.579. The SMILES string of the molecule is Cc1ccc(SCC(=O)NCCc2cccs2)cc1. The van der Waals surface area contributed by atoms with Crippen molar-refractivity contribution in [2.24, 2.45) is 0 Å². The van der Waals surface area contributed by atoms with Gasteiger partial charge in [-0.1, -0.05) is 23.8 Å². The van der Waals surface area contributed by atoms with Crippen molar-refractivity contribution in [2.45, 2.75) is 18.2 Å². The molecule has 0 bridgehead atoms. The second kappa shape index (κ2) is 7.36. The third-order valence-corrected chi connectivity index (χ3v) is 4.61. The lowest BCUT2D eigenvalue weighted by Crippen LogP contribution is -2.27. The largest absolute Gasteiger partial charge is 0.355 e. The third-order valence-electron chi connectivity index (χ3n) is 2.66. The number of hydrogen-bond acceptors (Lipinski definition) is 3. The molecule has 2 aromatic rings. The van der Waals surface area contributed by atoms with Crippen molar-refractivity contribution in [2.75, 3.05) is 12.3 Å². The molecular formula is C15H17NOS2. The second-order valence-corrected chi connectivity index (χ2v) is 6.36. The Morgan fingerprint density at radius 2 is 2.05 bits per heavy atom. The number of carbonyl (C=O) groups is 1. The summed E-state index contributed by atoms with van der Waals surface area (Å²) in [6, 6.07) is 12.4. The van der Waals surface area contributed by atoms with Crippen LogP contribution in [0.4, 0.5) is 0 Å². The highest BCUT2D eigenvalue weighted by molar-refractivity contribution is 8.00. The van der Waals surface area contributed by atoms with Gasteiger partial charge in [-0.2, -0.15) is 0 Å². The summed E-state index contributed by atoms with van der Waals surface area (Å²) >= 11 is 3.31. The van der Waals surface area contributed by atoms with Crippen LogP contribution in [0.1, 0.15) is 10.4 Å². The van der Waals surface area contributed by atoms with Crippen molar-refractivity contribution < 1.29 is 4.79 Å². The van der Waals surface area contributed by atoms with Crippen LogP contribution in [0.25, 0.3) is 0 Å². The number of thiophene rings is 1. The van der Waals surface area contributed by atoms with Gasteiger partial charge in [0, 0.05) is 16.3 Å². The van der Waals surface area contributed by atoms with Gasteiger partial charge in [-0.3, -0.25) is 4.79 Å². The first-order chi connectivity index (χ1) is 9.24. The van der Waals surface area contributed by atoms with E-state index in [0.717, 1.165) is 11.3 Å². The Morgan fingerprint density at radius 3 is 2.74 bits per heavy atom. The lowest BCUT2D eigenvalue weighted by Gasteiger charge is -2.04. The average Bonchev–Trinajstić information content (AvgIpc) is 2.91. The smallest absolute Gasteiger partial charge is 0.230 e. The molecule has 0 unspecified atom stereocenters. The molecule has 4 heteroatoms. The molecule has 1 amide bonds. The first kappa shape index (κ1) is 14.2. The minimum Gasteiger partial charge on any atom is -0.355 e. The van der Waals surface area contributed by atoms with Gasteiger partial charge in [0.1, 0.15) is 0 Å². The van der Waals surface area contributed by atoms with Crippen LogP contribution in [0.3, 0.4) is 0 Å². The summed E-state index contributed by atoms with van der Waals surface area (Å²) in [7, 11) is 0. The fourth-order valence-electron chi connectivity index (χ4n) is 1.61. The monoisotopic (exact) mass is 291 g/mol. The molecule has 1 heterocycles. The molecule has 0 atom stereocenters. The van der Waals surface area contributed by atoms with Gasteiger partial charge in [-0.25, -0.2) is 0 Å². The van der Waals surface area contributed by atoms with Gasteiger partial charge < -0.3 is 5.32 Å². The molecule has 0 radical (unpaired) electrons. The number of carbonyl (C=O) groups excluding carboxylic acids is 1. The summed E-state index contributed by atoms with van der Waals surface area (Å²) in [6.07, 6.45) is 0.915. The molecule has 0 fully saturated rings. The van der Waals surface area contributed by atoms with E-state index in [0.29, 0.717) is 12.3 Å². The molecule has 2 nitrogen and oxygen atoms in total. The Labute approximate surface area is 122 Å². The van der Waals surface area contributed by atoms with Gasteiger partial charge in [-0.15, -0.1) is 23.1 Å². The maximum absolute atomic E-state index is 11.7. The topological polar surface area (TPSA) is 29.1 Å². The molecule has 2 rings (SSSR count). The van der Waals surface area contributed by atoms with E-state index in [1.54, 1.807) is 23.1 Å². The van der Waals surface area contributed by atoms with E-state index < -0.39 is 0 Å². The minimum atomic E-state index is 0.0992. The van der Waals surface area contributed by atoms with Gasteiger partial charge >= 0.3 is 0 Å². The van der Waals surface area contributed by atoms with Crippen LogP contribution in [0.2, 0.25) is 0 Å². The lowest BCUT2D eigenvalue weighted by atomic mass is 10.2. The van der Waals surface area contributed by atoms with Crippen molar-refractivity contribution in [1.82, 2.24) is 5.32 Å². The van der Waals surface area contributed by atoms with Crippen LogP contribution in [-0.4, -0.2) is 18.2 Å². The highest BCUT2D eigenvalue weighted by atomic mass is 32.2. The number of rotatable bonds is 6. The Balaban J connectivity index is 1.65. The summed E-state index contributed by atoms with van der Waals surface area (Å²) in [4.78, 5) is 14.1. The van der Waals surface area contributed by atoms with Gasteiger partial charge in [0.2, 0.25) is 5.91 Å². The van der Waals surface area contributed by atoms with Crippen molar-refractivity contribution in [1.29, 1.82) is 0 Å². The predicted octanol–water partition coefficient (Wildman–Crippen LogP) is 3.51. The molecule has 0 saturated carbocycles. The lowest BCUT2D eigenvalue weighted by molar-refractivity contribution is -0.118. The van der Waals surface area contributed by atoms with Crippen LogP contribution >= 0.6 is 23.1 Å². The normalized spacial score (nSPS) is 10.4. The number of amides is 1. The molecule has 0 spiro atoms. The Kier molecular flexibility index (Phi) is 5.48. The quantitative estimate of drug-likeness (QED) is 0.825. The number of nitrogens with one attached hydrogen (secondary N) is 1. The Bertz CT molecular complexity index is 505. The van der Waals surface area contributed by atoms with E-state index in [2.05, 4.69) is 48.0 Å². The molecular weight excluding hydrogens is 274 g/mol. The maximum Gasteiger partial charge on any atom is 0.230 e. The number of benzene rings is 1. The fraction of sp³-hybridized carbons (Fsp3) is 0.267. The summed E-state index contributed by atoms with van der Waals surface area (Å²) in [5.41, 5.74) is 1.24. The zero-order valence-electron chi connectivity index (χ0n) is 10.9. The highest BCUT2D eigenvalue weighted by Crippen LogP contribution is 2.17. The van der Waals surface area contributed by atoms with Crippen molar-refractivity contribution in [3.8, 4) is 0 Å². The molecule has 100 valence electrons. The number of hydrogen-bond donors (Lipinski definition) is 1. The zero-order chi connectivity index (χ0) is 13.5. The van der Waals surface area contributed by atoms with E-state index in [1.807, 2.05) is 6.07 Å². The molecule has 0 aliphatic carbocycles. The van der Waals surface area contributed by atoms with Gasteiger partial charge in [0.15, 0.2) is 0 Å². The van der Waals surface area contributed by atoms with Crippen LogP contribution in [0, 0.1) is 6.92 Å². The summed E-state index contributed by atoms with van der Waals surface area (Å²) in [6.45, 7) is 2.78. The molecule has 1 aromatic heterocycles. The standard InChI is InChI=1S/C15H17NOS2/c1-12-4-6-14(7-5-12)19-11-15(17)16-9-8-13-3-2-10-18-13/h2-7,10H,8-9,11H2,1H3,(H,16,17). The molecule has 19 heavy (non-hydrogen) atoms. The Hall–Kier alpha value is -1.26. The third kappa shape index (κ3) is 5.09. The van der Waals surface area contributed by atoms with E-state index in [1.165, 1.54) is 10.4 Å². The molecule has 0 aliphatic rings. The second-order valence-electron chi connectivity index (χ2n) is 4.28. The summed E-state index contributed by atoms with van der Waals surface area (Å²) in [5, 5.41) is 5.01. The number of thioether (sulfide) groups is 1. The zero-order valence-corrected chi connectivity index (χ0v) is 12.5. The molecule has 0 saturated heterocycles. The molecule has 0 aliphatic heterocycles. The number of aryl methyl sites for hydroxylation is 1. The van der Waals surface area contributed by atoms with Crippen LogP contribution in [0.5, 0.6) is 0 Å². The summed E-state index contributed by atoms with van der Waals surface area (Å²) < 4.78 is 0. The van der Waals surface area contributed by atoms with Gasteiger partial charge in [-0.05, 0) is 36.9 Å². The van der Waals surface area contributed by atoms with E-state index >= 15 is 0 Å². The van der Waals surface area contributed by atoms with Crippen LogP contribution in [-0.2, 0) is 11.2 Å². The van der Waals surface area contributed by atoms with E-state index in [4.69, 9.17) is 0 Å². The van der Waals surface area contributed by atoms with Crippen molar-refractivity contribution in [3.05, 3.63) is 52.2 Å². The predicted molar refractivity (Wildman–Crippen MR) is 82.9 cm³/mol. The molecule has 1 N–H and O–H groups in total. The molecule has 1 aromatic carbocycles. The van der Waals surface area contributed by atoms with E-state index in [9.17, 15) is 4.79 Å². The van der Waals surface area contributed by atoms with Crippen molar-refractivity contribution >= 4 is 29.0 Å².